The van der Waals surface area contributed by atoms with Gasteiger partial charge in [-0.05, 0) is 12.1 Å². The van der Waals surface area contributed by atoms with E-state index >= 15 is 0 Å². The van der Waals surface area contributed by atoms with Gasteiger partial charge in [-0.1, -0.05) is 24.3 Å². The summed E-state index contributed by atoms with van der Waals surface area (Å²) in [6, 6.07) is 17.6. The summed E-state index contributed by atoms with van der Waals surface area (Å²) < 4.78 is 0. The molecule has 16 heavy (non-hydrogen) atoms. The van der Waals surface area contributed by atoms with E-state index in [2.05, 4.69) is 0 Å². The van der Waals surface area contributed by atoms with Crippen LogP contribution in [0.25, 0.3) is 0 Å². The SMILES string of the molecule is O=[C-]c1ccccc1.Oc1ccccc1.[Pd]. The normalized spacial score (nSPS) is 8.00. The van der Waals surface area contributed by atoms with Crippen molar-refractivity contribution in [2.45, 2.75) is 0 Å². The molecule has 2 rings (SSSR count). The van der Waals surface area contributed by atoms with Gasteiger partial charge in [0.1, 0.15) is 5.75 Å². The molecule has 0 heterocycles. The summed E-state index contributed by atoms with van der Waals surface area (Å²) in [5.41, 5.74) is 0.604. The summed E-state index contributed by atoms with van der Waals surface area (Å²) in [4.78, 5) is 9.88. The molecule has 0 unspecified atom stereocenters. The molecule has 0 spiro atoms. The van der Waals surface area contributed by atoms with Gasteiger partial charge in [0.05, 0.1) is 6.29 Å². The molecular formula is C13H11O2Pd-. The van der Waals surface area contributed by atoms with E-state index in [1.807, 2.05) is 12.1 Å². The third kappa shape index (κ3) is 6.13. The number of rotatable bonds is 1. The van der Waals surface area contributed by atoms with Crippen LogP contribution in [0, 0.1) is 0 Å². The molecule has 0 saturated carbocycles. The smallest absolute Gasteiger partial charge is 0.115 e. The van der Waals surface area contributed by atoms with Crippen molar-refractivity contribution in [3.05, 3.63) is 66.2 Å². The molecule has 0 fully saturated rings. The van der Waals surface area contributed by atoms with Crippen LogP contribution in [0.5, 0.6) is 5.75 Å². The van der Waals surface area contributed by atoms with Crippen LogP contribution in [0.2, 0.25) is 0 Å². The Morgan fingerprint density at radius 2 is 1.25 bits per heavy atom. The van der Waals surface area contributed by atoms with E-state index in [4.69, 9.17) is 5.11 Å². The second-order valence-electron chi connectivity index (χ2n) is 2.80. The van der Waals surface area contributed by atoms with E-state index in [0.29, 0.717) is 11.3 Å². The summed E-state index contributed by atoms with van der Waals surface area (Å²) in [6.07, 6.45) is 1.78. The van der Waals surface area contributed by atoms with Crippen LogP contribution in [0.1, 0.15) is 5.56 Å². The Bertz CT molecular complexity index is 387. The molecule has 0 radical (unpaired) electrons. The van der Waals surface area contributed by atoms with E-state index < -0.39 is 0 Å². The van der Waals surface area contributed by atoms with Crippen molar-refractivity contribution in [2.75, 3.05) is 0 Å². The quantitative estimate of drug-likeness (QED) is 0.649. The maximum Gasteiger partial charge on any atom is 0.115 e. The second kappa shape index (κ2) is 8.85. The van der Waals surface area contributed by atoms with Gasteiger partial charge in [-0.25, -0.2) is 0 Å². The van der Waals surface area contributed by atoms with E-state index in [1.54, 1.807) is 54.8 Å². The molecule has 1 N–H and O–H groups in total. The van der Waals surface area contributed by atoms with Crippen LogP contribution in [0.4, 0.5) is 0 Å². The minimum atomic E-state index is 0. The summed E-state index contributed by atoms with van der Waals surface area (Å²) >= 11 is 0. The fourth-order valence-corrected chi connectivity index (χ4v) is 0.934. The molecule has 2 aromatic rings. The van der Waals surface area contributed by atoms with E-state index in [0.717, 1.165) is 0 Å². The van der Waals surface area contributed by atoms with Crippen LogP contribution >= 0.6 is 0 Å². The number of hydrogen-bond acceptors (Lipinski definition) is 2. The number of para-hydroxylation sites is 1. The summed E-state index contributed by atoms with van der Waals surface area (Å²) in [6.45, 7) is 0. The van der Waals surface area contributed by atoms with Crippen molar-refractivity contribution in [3.63, 3.8) is 0 Å². The molecule has 0 aromatic heterocycles. The molecular weight excluding hydrogens is 295 g/mol. The van der Waals surface area contributed by atoms with Crippen molar-refractivity contribution in [2.24, 2.45) is 0 Å². The Labute approximate surface area is 109 Å². The van der Waals surface area contributed by atoms with Crippen LogP contribution < -0.4 is 0 Å². The number of hydrogen-bond donors (Lipinski definition) is 1. The average Bonchev–Trinajstić information content (AvgIpc) is 2.32. The van der Waals surface area contributed by atoms with Gasteiger partial charge in [0.2, 0.25) is 0 Å². The molecule has 0 saturated heterocycles. The minimum absolute atomic E-state index is 0. The number of carbonyl (C=O) groups excluding carboxylic acids is 1. The topological polar surface area (TPSA) is 37.3 Å². The summed E-state index contributed by atoms with van der Waals surface area (Å²) in [7, 11) is 0. The molecule has 0 aliphatic heterocycles. The van der Waals surface area contributed by atoms with Crippen LogP contribution in [0.15, 0.2) is 60.7 Å². The standard InChI is InChI=1S/C7H5O.C6H6O.Pd/c8-6-7-4-2-1-3-5-7;7-6-4-2-1-3-5-6;/h1-5H;1-5,7H;/q-1;;. The van der Waals surface area contributed by atoms with Gasteiger partial charge in [-0.2, -0.15) is 17.7 Å². The van der Waals surface area contributed by atoms with Crippen molar-refractivity contribution < 1.29 is 30.3 Å². The molecule has 0 atom stereocenters. The summed E-state index contributed by atoms with van der Waals surface area (Å²) in [5, 5.41) is 8.63. The molecule has 3 heteroatoms. The zero-order valence-electron chi connectivity index (χ0n) is 8.45. The Morgan fingerprint density at radius 1 is 0.812 bits per heavy atom. The first-order valence-corrected chi connectivity index (χ1v) is 4.50. The van der Waals surface area contributed by atoms with Crippen molar-refractivity contribution >= 4 is 6.29 Å². The minimum Gasteiger partial charge on any atom is -0.508 e. The first-order chi connectivity index (χ1) is 7.33. The zero-order chi connectivity index (χ0) is 10.9. The molecule has 2 nitrogen and oxygen atoms in total. The molecule has 0 bridgehead atoms. The van der Waals surface area contributed by atoms with Gasteiger partial charge in [-0.15, -0.1) is 12.1 Å². The van der Waals surface area contributed by atoms with Crippen molar-refractivity contribution in [1.82, 2.24) is 0 Å². The summed E-state index contributed by atoms with van der Waals surface area (Å²) in [5.74, 6) is 0.322. The molecule has 86 valence electrons. The number of phenolic OH excluding ortho intramolecular Hbond substituents is 1. The second-order valence-corrected chi connectivity index (χ2v) is 2.80. The van der Waals surface area contributed by atoms with Gasteiger partial charge >= 0.3 is 0 Å². The number of phenols is 1. The average molecular weight is 306 g/mol. The van der Waals surface area contributed by atoms with Crippen LogP contribution in [-0.4, -0.2) is 11.4 Å². The Kier molecular flexibility index (Phi) is 8.06. The Hall–Kier alpha value is -1.43. The molecule has 2 aromatic carbocycles. The first kappa shape index (κ1) is 14.6. The predicted molar refractivity (Wildman–Crippen MR) is 59.3 cm³/mol. The van der Waals surface area contributed by atoms with Crippen molar-refractivity contribution in [3.8, 4) is 5.75 Å². The maximum absolute atomic E-state index is 9.88. The van der Waals surface area contributed by atoms with Gasteiger partial charge in [0.15, 0.2) is 0 Å². The van der Waals surface area contributed by atoms with E-state index in [9.17, 15) is 4.79 Å². The van der Waals surface area contributed by atoms with Crippen LogP contribution in [-0.2, 0) is 25.2 Å². The Balaban J connectivity index is 0.000000267. The van der Waals surface area contributed by atoms with E-state index in [1.165, 1.54) is 0 Å². The van der Waals surface area contributed by atoms with Gasteiger partial charge in [-0.3, -0.25) is 0 Å². The van der Waals surface area contributed by atoms with Crippen molar-refractivity contribution in [1.29, 1.82) is 0 Å². The fourth-order valence-electron chi connectivity index (χ4n) is 0.934. The van der Waals surface area contributed by atoms with E-state index in [-0.39, 0.29) is 20.4 Å². The molecule has 0 aliphatic carbocycles. The fraction of sp³-hybridized carbons (Fsp3) is 0. The third-order valence-electron chi connectivity index (χ3n) is 1.65. The van der Waals surface area contributed by atoms with Gasteiger partial charge in [0.25, 0.3) is 0 Å². The number of benzene rings is 2. The Morgan fingerprint density at radius 3 is 1.50 bits per heavy atom. The zero-order valence-corrected chi connectivity index (χ0v) is 10.00. The monoisotopic (exact) mass is 305 g/mol. The largest absolute Gasteiger partial charge is 0.508 e. The van der Waals surface area contributed by atoms with Gasteiger partial charge < -0.3 is 9.90 Å². The first-order valence-electron chi connectivity index (χ1n) is 4.50. The maximum atomic E-state index is 9.88. The van der Waals surface area contributed by atoms with Gasteiger partial charge in [0, 0.05) is 20.4 Å². The molecule has 0 amide bonds. The number of aromatic hydroxyl groups is 1. The molecule has 0 aliphatic rings. The third-order valence-corrected chi connectivity index (χ3v) is 1.65. The predicted octanol–water partition coefficient (Wildman–Crippen LogP) is 2.53. The van der Waals surface area contributed by atoms with Crippen LogP contribution in [0.3, 0.4) is 0 Å².